The lowest BCUT2D eigenvalue weighted by molar-refractivity contribution is 0.140. The third kappa shape index (κ3) is 5.02. The molecule has 142 valence electrons. The van der Waals surface area contributed by atoms with Crippen molar-refractivity contribution in [2.45, 2.75) is 32.9 Å². The van der Waals surface area contributed by atoms with Gasteiger partial charge in [-0.05, 0) is 75.6 Å². The van der Waals surface area contributed by atoms with Gasteiger partial charge in [0.2, 0.25) is 0 Å². The van der Waals surface area contributed by atoms with Crippen LogP contribution in [0.2, 0.25) is 0 Å². The molecular formula is C21H30N2O3. The second-order valence-electron chi connectivity index (χ2n) is 7.43. The van der Waals surface area contributed by atoms with Gasteiger partial charge in [0, 0.05) is 13.1 Å². The minimum absolute atomic E-state index is 0.208. The van der Waals surface area contributed by atoms with Crippen molar-refractivity contribution in [3.8, 4) is 11.5 Å². The van der Waals surface area contributed by atoms with Crippen molar-refractivity contribution >= 4 is 0 Å². The largest absolute Gasteiger partial charge is 0.504 e. The van der Waals surface area contributed by atoms with E-state index in [0.29, 0.717) is 5.75 Å². The zero-order valence-corrected chi connectivity index (χ0v) is 16.1. The van der Waals surface area contributed by atoms with Crippen LogP contribution in [0, 0.1) is 12.8 Å². The molecule has 0 unspecified atom stereocenters. The van der Waals surface area contributed by atoms with E-state index in [-0.39, 0.29) is 5.75 Å². The molecule has 1 N–H and O–H groups in total. The van der Waals surface area contributed by atoms with Crippen LogP contribution in [0.4, 0.5) is 0 Å². The van der Waals surface area contributed by atoms with Gasteiger partial charge in [-0.15, -0.1) is 0 Å². The second kappa shape index (κ2) is 8.60. The average Bonchev–Trinajstić information content (AvgIpc) is 3.01. The molecule has 0 saturated carbocycles. The summed E-state index contributed by atoms with van der Waals surface area (Å²) in [7, 11) is 3.72. The molecule has 26 heavy (non-hydrogen) atoms. The predicted octanol–water partition coefficient (Wildman–Crippen LogP) is 3.65. The molecule has 0 radical (unpaired) electrons. The number of ether oxygens (including phenoxy) is 1. The lowest BCUT2D eigenvalue weighted by Gasteiger charge is -2.33. The van der Waals surface area contributed by atoms with E-state index in [1.807, 2.05) is 25.1 Å². The molecule has 1 aromatic carbocycles. The Morgan fingerprint density at radius 1 is 1.23 bits per heavy atom. The summed E-state index contributed by atoms with van der Waals surface area (Å²) in [5.41, 5.74) is 1.11. The first-order chi connectivity index (χ1) is 12.5. The summed E-state index contributed by atoms with van der Waals surface area (Å²) in [6.07, 6.45) is 2.44. The number of hydrogen-bond acceptors (Lipinski definition) is 5. The Hall–Kier alpha value is -1.98. The Bertz CT molecular complexity index is 705. The topological polar surface area (TPSA) is 49.1 Å². The fourth-order valence-corrected chi connectivity index (χ4v) is 3.77. The molecule has 3 rings (SSSR count). The van der Waals surface area contributed by atoms with Crippen LogP contribution in [0.15, 0.2) is 34.7 Å². The van der Waals surface area contributed by atoms with Crippen LogP contribution in [0.3, 0.4) is 0 Å². The van der Waals surface area contributed by atoms with E-state index in [1.54, 1.807) is 13.2 Å². The highest BCUT2D eigenvalue weighted by Gasteiger charge is 2.21. The van der Waals surface area contributed by atoms with Gasteiger partial charge in [0.05, 0.1) is 13.7 Å². The molecule has 0 atom stereocenters. The maximum absolute atomic E-state index is 9.92. The summed E-state index contributed by atoms with van der Waals surface area (Å²) >= 11 is 0. The van der Waals surface area contributed by atoms with Crippen molar-refractivity contribution in [1.29, 1.82) is 0 Å². The van der Waals surface area contributed by atoms with Crippen molar-refractivity contribution in [2.24, 2.45) is 5.92 Å². The predicted molar refractivity (Wildman–Crippen MR) is 102 cm³/mol. The van der Waals surface area contributed by atoms with E-state index in [9.17, 15) is 5.11 Å². The summed E-state index contributed by atoms with van der Waals surface area (Å²) in [6, 6.07) is 9.76. The molecule has 2 aromatic rings. The Morgan fingerprint density at radius 3 is 2.62 bits per heavy atom. The lowest BCUT2D eigenvalue weighted by atomic mass is 9.96. The molecule has 0 amide bonds. The summed E-state index contributed by atoms with van der Waals surface area (Å²) < 4.78 is 10.8. The molecule has 0 spiro atoms. The molecule has 2 heterocycles. The highest BCUT2D eigenvalue weighted by Crippen LogP contribution is 2.27. The van der Waals surface area contributed by atoms with Crippen LogP contribution < -0.4 is 4.74 Å². The number of nitrogens with zero attached hydrogens (tertiary/aromatic N) is 2. The van der Waals surface area contributed by atoms with Crippen molar-refractivity contribution in [2.75, 3.05) is 33.8 Å². The maximum Gasteiger partial charge on any atom is 0.160 e. The molecule has 0 bridgehead atoms. The zero-order chi connectivity index (χ0) is 18.5. The van der Waals surface area contributed by atoms with Gasteiger partial charge in [0.1, 0.15) is 11.5 Å². The van der Waals surface area contributed by atoms with Gasteiger partial charge in [-0.2, -0.15) is 0 Å². The number of aryl methyl sites for hydroxylation is 1. The van der Waals surface area contributed by atoms with Crippen molar-refractivity contribution in [3.63, 3.8) is 0 Å². The summed E-state index contributed by atoms with van der Waals surface area (Å²) in [5.74, 6) is 3.51. The number of likely N-dealkylation sites (tertiary alicyclic amines) is 1. The van der Waals surface area contributed by atoms with E-state index >= 15 is 0 Å². The van der Waals surface area contributed by atoms with Crippen molar-refractivity contribution in [1.82, 2.24) is 9.80 Å². The molecule has 1 aliphatic heterocycles. The SMILES string of the molecule is COc1ccc(CN(C)CC2CCN(Cc3ccc(C)o3)CC2)cc1O. The standard InChI is InChI=1S/C21H30N2O3/c1-16-4-6-19(26-16)15-23-10-8-17(9-11-23)13-22(2)14-18-5-7-21(25-3)20(24)12-18/h4-7,12,17,24H,8-11,13-15H2,1-3H3. The first-order valence-electron chi connectivity index (χ1n) is 9.35. The van der Waals surface area contributed by atoms with E-state index in [2.05, 4.69) is 22.9 Å². The number of piperidine rings is 1. The Kier molecular flexibility index (Phi) is 6.22. The number of furan rings is 1. The minimum atomic E-state index is 0.208. The summed E-state index contributed by atoms with van der Waals surface area (Å²) in [6.45, 7) is 7.09. The van der Waals surface area contributed by atoms with Gasteiger partial charge in [0.25, 0.3) is 0 Å². The Morgan fingerprint density at radius 2 is 2.00 bits per heavy atom. The maximum atomic E-state index is 9.92. The second-order valence-corrected chi connectivity index (χ2v) is 7.43. The number of phenols is 1. The van der Waals surface area contributed by atoms with Crippen LogP contribution in [-0.2, 0) is 13.1 Å². The molecule has 1 aliphatic rings. The van der Waals surface area contributed by atoms with E-state index < -0.39 is 0 Å². The molecule has 1 saturated heterocycles. The highest BCUT2D eigenvalue weighted by atomic mass is 16.5. The van der Waals surface area contributed by atoms with E-state index in [1.165, 1.54) is 12.8 Å². The van der Waals surface area contributed by atoms with Crippen LogP contribution in [0.1, 0.15) is 29.9 Å². The normalized spacial score (nSPS) is 16.3. The molecule has 5 nitrogen and oxygen atoms in total. The number of phenolic OH excluding ortho intramolecular Hbond substituents is 1. The molecule has 1 fully saturated rings. The van der Waals surface area contributed by atoms with E-state index in [4.69, 9.17) is 9.15 Å². The smallest absolute Gasteiger partial charge is 0.160 e. The quantitative estimate of drug-likeness (QED) is 0.819. The third-order valence-corrected chi connectivity index (χ3v) is 5.15. The van der Waals surface area contributed by atoms with Gasteiger partial charge in [-0.25, -0.2) is 0 Å². The molecule has 0 aliphatic carbocycles. The lowest BCUT2D eigenvalue weighted by Crippen LogP contribution is -2.37. The third-order valence-electron chi connectivity index (χ3n) is 5.15. The molecule has 5 heteroatoms. The van der Waals surface area contributed by atoms with Crippen LogP contribution >= 0.6 is 0 Å². The van der Waals surface area contributed by atoms with Gasteiger partial charge in [-0.3, -0.25) is 4.90 Å². The molecule has 1 aromatic heterocycles. The van der Waals surface area contributed by atoms with E-state index in [0.717, 1.165) is 55.7 Å². The fourth-order valence-electron chi connectivity index (χ4n) is 3.77. The minimum Gasteiger partial charge on any atom is -0.504 e. The fraction of sp³-hybridized carbons (Fsp3) is 0.524. The number of hydrogen-bond donors (Lipinski definition) is 1. The number of aromatic hydroxyl groups is 1. The zero-order valence-electron chi connectivity index (χ0n) is 16.1. The Balaban J connectivity index is 1.43. The number of rotatable bonds is 7. The van der Waals surface area contributed by atoms with Crippen LogP contribution in [-0.4, -0.2) is 48.7 Å². The molecular weight excluding hydrogens is 328 g/mol. The number of methoxy groups -OCH3 is 1. The monoisotopic (exact) mass is 358 g/mol. The summed E-state index contributed by atoms with van der Waals surface area (Å²) in [5, 5.41) is 9.92. The number of benzene rings is 1. The van der Waals surface area contributed by atoms with Gasteiger partial charge in [-0.1, -0.05) is 6.07 Å². The van der Waals surface area contributed by atoms with Crippen LogP contribution in [0.5, 0.6) is 11.5 Å². The highest BCUT2D eigenvalue weighted by molar-refractivity contribution is 5.41. The van der Waals surface area contributed by atoms with Gasteiger partial charge < -0.3 is 19.2 Å². The Labute approximate surface area is 156 Å². The van der Waals surface area contributed by atoms with Crippen LogP contribution in [0.25, 0.3) is 0 Å². The van der Waals surface area contributed by atoms with Gasteiger partial charge >= 0.3 is 0 Å². The first kappa shape index (κ1) is 18.8. The first-order valence-corrected chi connectivity index (χ1v) is 9.35. The summed E-state index contributed by atoms with van der Waals surface area (Å²) in [4.78, 5) is 4.83. The average molecular weight is 358 g/mol. The van der Waals surface area contributed by atoms with Crippen molar-refractivity contribution < 1.29 is 14.3 Å². The van der Waals surface area contributed by atoms with Crippen molar-refractivity contribution in [3.05, 3.63) is 47.4 Å². The van der Waals surface area contributed by atoms with Gasteiger partial charge in [0.15, 0.2) is 11.5 Å².